The van der Waals surface area contributed by atoms with Crippen molar-refractivity contribution >= 4 is 0 Å². The highest BCUT2D eigenvalue weighted by Crippen LogP contribution is 2.41. The number of alkyl halides is 3. The fraction of sp³-hybridized carbons (Fsp3) is 0.625. The number of ether oxygens (including phenoxy) is 1. The molecule has 5 heteroatoms. The summed E-state index contributed by atoms with van der Waals surface area (Å²) in [4.78, 5) is 0. The average molecular weight is 299 g/mol. The van der Waals surface area contributed by atoms with Crippen molar-refractivity contribution in [2.75, 3.05) is 6.54 Å². The predicted molar refractivity (Wildman–Crippen MR) is 74.2 cm³/mol. The molecular formula is C16H20F3NO. The Kier molecular flexibility index (Phi) is 4.11. The summed E-state index contributed by atoms with van der Waals surface area (Å²) in [5.74, 6) is 0.751. The summed E-state index contributed by atoms with van der Waals surface area (Å²) in [5, 5.41) is 3.54. The monoisotopic (exact) mass is 299 g/mol. The number of hydrogen-bond acceptors (Lipinski definition) is 2. The zero-order valence-corrected chi connectivity index (χ0v) is 11.8. The van der Waals surface area contributed by atoms with Gasteiger partial charge in [0.2, 0.25) is 0 Å². The second kappa shape index (κ2) is 5.87. The molecule has 0 heterocycles. The van der Waals surface area contributed by atoms with Crippen LogP contribution in [0.25, 0.3) is 0 Å². The molecular weight excluding hydrogens is 279 g/mol. The Morgan fingerprint density at radius 3 is 2.67 bits per heavy atom. The smallest absolute Gasteiger partial charge is 0.406 e. The molecule has 116 valence electrons. The van der Waals surface area contributed by atoms with Crippen LogP contribution < -0.4 is 10.1 Å². The van der Waals surface area contributed by atoms with Gasteiger partial charge in [0, 0.05) is 6.04 Å². The SMILES string of the molecule is FC(F)(F)Oc1cccc(C2CCCC2CNC2CC2)c1. The van der Waals surface area contributed by atoms with Gasteiger partial charge in [-0.15, -0.1) is 13.2 Å². The van der Waals surface area contributed by atoms with Crippen molar-refractivity contribution in [1.29, 1.82) is 0 Å². The zero-order chi connectivity index (χ0) is 14.9. The highest BCUT2D eigenvalue weighted by molar-refractivity contribution is 5.32. The molecule has 2 saturated carbocycles. The first kappa shape index (κ1) is 14.7. The van der Waals surface area contributed by atoms with E-state index in [9.17, 15) is 13.2 Å². The van der Waals surface area contributed by atoms with E-state index in [2.05, 4.69) is 10.1 Å². The van der Waals surface area contributed by atoms with E-state index in [1.807, 2.05) is 6.07 Å². The summed E-state index contributed by atoms with van der Waals surface area (Å²) in [6, 6.07) is 7.16. The van der Waals surface area contributed by atoms with Crippen LogP contribution in [0, 0.1) is 5.92 Å². The van der Waals surface area contributed by atoms with E-state index >= 15 is 0 Å². The summed E-state index contributed by atoms with van der Waals surface area (Å²) >= 11 is 0. The minimum absolute atomic E-state index is 0.110. The Hall–Kier alpha value is -1.23. The molecule has 0 spiro atoms. The van der Waals surface area contributed by atoms with Gasteiger partial charge >= 0.3 is 6.36 Å². The lowest BCUT2D eigenvalue weighted by Crippen LogP contribution is -2.26. The van der Waals surface area contributed by atoms with Gasteiger partial charge in [0.15, 0.2) is 0 Å². The summed E-state index contributed by atoms with van der Waals surface area (Å²) < 4.78 is 41.0. The second-order valence-corrected chi connectivity index (χ2v) is 6.10. The minimum atomic E-state index is -4.62. The Bertz CT molecular complexity index is 485. The molecule has 2 nitrogen and oxygen atoms in total. The van der Waals surface area contributed by atoms with Crippen LogP contribution in [0.15, 0.2) is 24.3 Å². The molecule has 0 radical (unpaired) electrons. The standard InChI is InChI=1S/C16H20F3NO/c17-16(18,19)21-14-5-1-3-11(9-14)15-6-2-4-12(15)10-20-13-7-8-13/h1,3,5,9,12-13,15,20H,2,4,6-8,10H2. The van der Waals surface area contributed by atoms with Gasteiger partial charge in [-0.25, -0.2) is 0 Å². The molecule has 0 saturated heterocycles. The summed E-state index contributed by atoms with van der Waals surface area (Å²) in [6.07, 6.45) is 1.23. The van der Waals surface area contributed by atoms with Crippen LogP contribution in [0.4, 0.5) is 13.2 Å². The fourth-order valence-electron chi connectivity index (χ4n) is 3.27. The molecule has 2 unspecified atom stereocenters. The number of rotatable bonds is 5. The van der Waals surface area contributed by atoms with E-state index < -0.39 is 6.36 Å². The van der Waals surface area contributed by atoms with Crippen molar-refractivity contribution in [3.63, 3.8) is 0 Å². The van der Waals surface area contributed by atoms with Gasteiger partial charge in [0.05, 0.1) is 0 Å². The van der Waals surface area contributed by atoms with Crippen LogP contribution in [-0.2, 0) is 0 Å². The molecule has 1 aromatic rings. The van der Waals surface area contributed by atoms with Crippen LogP contribution in [0.5, 0.6) is 5.75 Å². The van der Waals surface area contributed by atoms with Crippen molar-refractivity contribution in [3.8, 4) is 5.75 Å². The van der Waals surface area contributed by atoms with Crippen molar-refractivity contribution in [2.45, 2.75) is 50.4 Å². The number of hydrogen-bond donors (Lipinski definition) is 1. The highest BCUT2D eigenvalue weighted by atomic mass is 19.4. The van der Waals surface area contributed by atoms with E-state index in [0.29, 0.717) is 17.9 Å². The zero-order valence-electron chi connectivity index (χ0n) is 11.8. The Morgan fingerprint density at radius 2 is 1.95 bits per heavy atom. The lowest BCUT2D eigenvalue weighted by atomic mass is 9.88. The number of halogens is 3. The molecule has 0 bridgehead atoms. The van der Waals surface area contributed by atoms with Crippen LogP contribution in [-0.4, -0.2) is 18.9 Å². The molecule has 2 atom stereocenters. The third-order valence-corrected chi connectivity index (χ3v) is 4.42. The summed E-state index contributed by atoms with van der Waals surface area (Å²) in [6.45, 7) is 0.972. The molecule has 2 aliphatic carbocycles. The van der Waals surface area contributed by atoms with E-state index in [-0.39, 0.29) is 5.75 Å². The molecule has 0 aromatic heterocycles. The van der Waals surface area contributed by atoms with Gasteiger partial charge in [-0.3, -0.25) is 0 Å². The third-order valence-electron chi connectivity index (χ3n) is 4.42. The lowest BCUT2D eigenvalue weighted by Gasteiger charge is -2.21. The maximum Gasteiger partial charge on any atom is 0.573 e. The summed E-state index contributed by atoms with van der Waals surface area (Å²) in [5.41, 5.74) is 0.969. The van der Waals surface area contributed by atoms with Gasteiger partial charge in [0.1, 0.15) is 5.75 Å². The summed E-state index contributed by atoms with van der Waals surface area (Å²) in [7, 11) is 0. The normalized spacial score (nSPS) is 26.0. The van der Waals surface area contributed by atoms with E-state index in [0.717, 1.165) is 31.4 Å². The second-order valence-electron chi connectivity index (χ2n) is 6.10. The molecule has 21 heavy (non-hydrogen) atoms. The van der Waals surface area contributed by atoms with E-state index in [4.69, 9.17) is 0 Å². The third kappa shape index (κ3) is 4.13. The fourth-order valence-corrected chi connectivity index (χ4v) is 3.27. The lowest BCUT2D eigenvalue weighted by molar-refractivity contribution is -0.274. The van der Waals surface area contributed by atoms with E-state index in [1.54, 1.807) is 12.1 Å². The predicted octanol–water partition coefficient (Wildman–Crippen LogP) is 4.22. The quantitative estimate of drug-likeness (QED) is 0.879. The topological polar surface area (TPSA) is 21.3 Å². The van der Waals surface area contributed by atoms with Gasteiger partial charge < -0.3 is 10.1 Å². The molecule has 2 aliphatic rings. The Morgan fingerprint density at radius 1 is 1.14 bits per heavy atom. The van der Waals surface area contributed by atoms with Crippen LogP contribution in [0.1, 0.15) is 43.6 Å². The molecule has 1 aromatic carbocycles. The first-order valence-corrected chi connectivity index (χ1v) is 7.60. The number of benzene rings is 1. The van der Waals surface area contributed by atoms with E-state index in [1.165, 1.54) is 18.9 Å². The maximum atomic E-state index is 12.3. The largest absolute Gasteiger partial charge is 0.573 e. The Balaban J connectivity index is 1.67. The van der Waals surface area contributed by atoms with Gasteiger partial charge in [-0.05, 0) is 61.8 Å². The Labute approximate surface area is 122 Å². The van der Waals surface area contributed by atoms with Gasteiger partial charge in [0.25, 0.3) is 0 Å². The molecule has 1 N–H and O–H groups in total. The first-order chi connectivity index (χ1) is 10.0. The molecule has 0 aliphatic heterocycles. The van der Waals surface area contributed by atoms with Gasteiger partial charge in [-0.2, -0.15) is 0 Å². The highest BCUT2D eigenvalue weighted by Gasteiger charge is 2.33. The van der Waals surface area contributed by atoms with Crippen molar-refractivity contribution < 1.29 is 17.9 Å². The maximum absolute atomic E-state index is 12.3. The van der Waals surface area contributed by atoms with Crippen molar-refractivity contribution in [2.24, 2.45) is 5.92 Å². The molecule has 2 fully saturated rings. The first-order valence-electron chi connectivity index (χ1n) is 7.60. The number of nitrogens with one attached hydrogen (secondary N) is 1. The van der Waals surface area contributed by atoms with Crippen molar-refractivity contribution in [3.05, 3.63) is 29.8 Å². The molecule has 0 amide bonds. The van der Waals surface area contributed by atoms with Crippen LogP contribution in [0.3, 0.4) is 0 Å². The molecule has 3 rings (SSSR count). The van der Waals surface area contributed by atoms with Crippen LogP contribution in [0.2, 0.25) is 0 Å². The van der Waals surface area contributed by atoms with Crippen molar-refractivity contribution in [1.82, 2.24) is 5.32 Å². The van der Waals surface area contributed by atoms with Gasteiger partial charge in [-0.1, -0.05) is 18.6 Å². The van der Waals surface area contributed by atoms with Crippen LogP contribution >= 0.6 is 0 Å². The minimum Gasteiger partial charge on any atom is -0.406 e. The average Bonchev–Trinajstić information content (AvgIpc) is 3.11.